The average Bonchev–Trinajstić information content (AvgIpc) is 3.47. The van der Waals surface area contributed by atoms with E-state index in [0.717, 1.165) is 6.07 Å². The first-order valence-electron chi connectivity index (χ1n) is 10.4. The zero-order chi connectivity index (χ0) is 23.2. The summed E-state index contributed by atoms with van der Waals surface area (Å²) in [5.74, 6) is 1.24. The van der Waals surface area contributed by atoms with E-state index in [1.807, 2.05) is 11.8 Å². The Bertz CT molecular complexity index is 1290. The Balaban J connectivity index is 1.79. The molecule has 1 fully saturated rings. The lowest BCUT2D eigenvalue weighted by Crippen LogP contribution is -2.44. The Kier molecular flexibility index (Phi) is 5.20. The van der Waals surface area contributed by atoms with E-state index >= 15 is 0 Å². The minimum Gasteiger partial charge on any atom is -0.497 e. The summed E-state index contributed by atoms with van der Waals surface area (Å²) in [6.07, 6.45) is -1.48. The Morgan fingerprint density at radius 1 is 1.18 bits per heavy atom. The van der Waals surface area contributed by atoms with Crippen molar-refractivity contribution in [3.8, 4) is 22.7 Å². The molecule has 5 rings (SSSR count). The zero-order valence-electron chi connectivity index (χ0n) is 17.9. The summed E-state index contributed by atoms with van der Waals surface area (Å²) in [6, 6.07) is 7.38. The number of ether oxygens (including phenoxy) is 2. The van der Waals surface area contributed by atoms with Gasteiger partial charge in [-0.2, -0.15) is 28.1 Å². The lowest BCUT2D eigenvalue weighted by atomic mass is 9.97. The molecule has 0 radical (unpaired) electrons. The predicted molar refractivity (Wildman–Crippen MR) is 116 cm³/mol. The summed E-state index contributed by atoms with van der Waals surface area (Å²) in [7, 11) is 1.34. The fourth-order valence-electron chi connectivity index (χ4n) is 4.09. The average molecular weight is 458 g/mol. The van der Waals surface area contributed by atoms with Crippen LogP contribution < -0.4 is 9.64 Å². The second-order valence-electron chi connectivity index (χ2n) is 7.79. The summed E-state index contributed by atoms with van der Waals surface area (Å²) in [5, 5.41) is 11.7. The van der Waals surface area contributed by atoms with Crippen LogP contribution in [0.4, 0.5) is 19.0 Å². The Labute approximate surface area is 186 Å². The maximum atomic E-state index is 14.1. The molecule has 0 aliphatic carbocycles. The highest BCUT2D eigenvalue weighted by molar-refractivity contribution is 5.96. The van der Waals surface area contributed by atoms with Gasteiger partial charge in [0.05, 0.1) is 44.3 Å². The van der Waals surface area contributed by atoms with E-state index in [9.17, 15) is 13.2 Å². The van der Waals surface area contributed by atoms with E-state index in [2.05, 4.69) is 15.3 Å². The molecular weight excluding hydrogens is 437 g/mol. The smallest absolute Gasteiger partial charge is 0.417 e. The molecule has 11 heteroatoms. The molecule has 1 saturated heterocycles. The van der Waals surface area contributed by atoms with Crippen molar-refractivity contribution in [2.75, 3.05) is 31.8 Å². The molecular formula is C22H21F3N6O2. The van der Waals surface area contributed by atoms with Crippen LogP contribution in [-0.4, -0.2) is 57.9 Å². The summed E-state index contributed by atoms with van der Waals surface area (Å²) in [4.78, 5) is 6.83. The number of aromatic nitrogens is 5. The van der Waals surface area contributed by atoms with Crippen LogP contribution in [0.25, 0.3) is 28.0 Å². The number of methoxy groups -OCH3 is 1. The first-order chi connectivity index (χ1) is 15.9. The maximum Gasteiger partial charge on any atom is 0.417 e. The summed E-state index contributed by atoms with van der Waals surface area (Å²) in [6.45, 7) is 3.58. The quantitative estimate of drug-likeness (QED) is 0.497. The maximum absolute atomic E-state index is 14.1. The first-order valence-corrected chi connectivity index (χ1v) is 10.4. The largest absolute Gasteiger partial charge is 0.497 e. The number of morpholine rings is 1. The molecule has 172 valence electrons. The summed E-state index contributed by atoms with van der Waals surface area (Å²) >= 11 is 0. The van der Waals surface area contributed by atoms with Gasteiger partial charge in [-0.3, -0.25) is 5.10 Å². The second kappa shape index (κ2) is 8.07. The molecule has 0 saturated carbocycles. The van der Waals surface area contributed by atoms with Crippen LogP contribution in [0, 0.1) is 0 Å². The van der Waals surface area contributed by atoms with E-state index in [0.29, 0.717) is 48.0 Å². The van der Waals surface area contributed by atoms with Gasteiger partial charge in [-0.15, -0.1) is 0 Å². The van der Waals surface area contributed by atoms with Gasteiger partial charge in [0.25, 0.3) is 0 Å². The van der Waals surface area contributed by atoms with Gasteiger partial charge in [0.1, 0.15) is 11.6 Å². The Morgan fingerprint density at radius 3 is 2.73 bits per heavy atom. The Morgan fingerprint density at radius 2 is 2.03 bits per heavy atom. The van der Waals surface area contributed by atoms with Gasteiger partial charge in [0, 0.05) is 18.0 Å². The van der Waals surface area contributed by atoms with Crippen LogP contribution in [0.2, 0.25) is 0 Å². The highest BCUT2D eigenvalue weighted by Crippen LogP contribution is 2.42. The minimum absolute atomic E-state index is 0.0121. The highest BCUT2D eigenvalue weighted by Gasteiger charge is 2.35. The number of aromatic amines is 1. The van der Waals surface area contributed by atoms with E-state index < -0.39 is 11.7 Å². The molecule has 0 spiro atoms. The highest BCUT2D eigenvalue weighted by atomic mass is 19.4. The van der Waals surface area contributed by atoms with Gasteiger partial charge in [-0.1, -0.05) is 6.07 Å². The number of nitrogens with one attached hydrogen (secondary N) is 1. The van der Waals surface area contributed by atoms with Crippen molar-refractivity contribution in [2.45, 2.75) is 19.1 Å². The number of benzene rings is 1. The summed E-state index contributed by atoms with van der Waals surface area (Å²) < 4.78 is 54.3. The number of nitrogens with zero attached hydrogens (tertiary/aromatic N) is 5. The summed E-state index contributed by atoms with van der Waals surface area (Å²) in [5.41, 5.74) is 0.0514. The number of hydrogen-bond acceptors (Lipinski definition) is 6. The number of alkyl halides is 3. The monoisotopic (exact) mass is 458 g/mol. The van der Waals surface area contributed by atoms with Crippen LogP contribution >= 0.6 is 0 Å². The van der Waals surface area contributed by atoms with Gasteiger partial charge in [0.15, 0.2) is 11.5 Å². The molecule has 1 aliphatic heterocycles. The number of anilines is 1. The van der Waals surface area contributed by atoms with E-state index in [1.54, 1.807) is 18.3 Å². The van der Waals surface area contributed by atoms with E-state index in [4.69, 9.17) is 14.5 Å². The molecule has 0 bridgehead atoms. The zero-order valence-corrected chi connectivity index (χ0v) is 17.9. The molecule has 1 aliphatic rings. The van der Waals surface area contributed by atoms with Gasteiger partial charge < -0.3 is 14.4 Å². The van der Waals surface area contributed by atoms with Crippen molar-refractivity contribution in [3.63, 3.8) is 0 Å². The van der Waals surface area contributed by atoms with Crippen molar-refractivity contribution >= 4 is 16.9 Å². The third-order valence-electron chi connectivity index (χ3n) is 5.73. The lowest BCUT2D eigenvalue weighted by molar-refractivity contribution is -0.137. The number of H-pyrrole nitrogens is 1. The molecule has 4 aromatic rings. The van der Waals surface area contributed by atoms with E-state index in [1.165, 1.54) is 30.1 Å². The fourth-order valence-corrected chi connectivity index (χ4v) is 4.09. The second-order valence-corrected chi connectivity index (χ2v) is 7.79. The molecule has 4 heterocycles. The fraction of sp³-hybridized carbons (Fsp3) is 0.318. The SMILES string of the molecule is COc1ccc(-c2cc(N3CCOC[C@H]3C)nc3c2cnn3-c2ccn[nH]2)c(C(F)(F)F)c1. The van der Waals surface area contributed by atoms with Crippen LogP contribution in [0.5, 0.6) is 5.75 Å². The van der Waals surface area contributed by atoms with Gasteiger partial charge >= 0.3 is 6.18 Å². The molecule has 33 heavy (non-hydrogen) atoms. The molecule has 1 atom stereocenters. The molecule has 3 aromatic heterocycles. The van der Waals surface area contributed by atoms with E-state index in [-0.39, 0.29) is 17.4 Å². The third kappa shape index (κ3) is 3.78. The third-order valence-corrected chi connectivity index (χ3v) is 5.73. The van der Waals surface area contributed by atoms with Crippen molar-refractivity contribution in [2.24, 2.45) is 0 Å². The molecule has 1 aromatic carbocycles. The Hall–Kier alpha value is -3.60. The number of pyridine rings is 1. The van der Waals surface area contributed by atoms with Gasteiger partial charge in [0.2, 0.25) is 0 Å². The van der Waals surface area contributed by atoms with Crippen molar-refractivity contribution < 1.29 is 22.6 Å². The number of hydrogen-bond donors (Lipinski definition) is 1. The van der Waals surface area contributed by atoms with Crippen LogP contribution in [-0.2, 0) is 10.9 Å². The minimum atomic E-state index is -4.58. The van der Waals surface area contributed by atoms with Gasteiger partial charge in [-0.25, -0.2) is 4.98 Å². The number of fused-ring (bicyclic) bond motifs is 1. The number of halogens is 3. The predicted octanol–water partition coefficient (Wildman–Crippen LogP) is 4.06. The first kappa shape index (κ1) is 21.3. The van der Waals surface area contributed by atoms with Crippen LogP contribution in [0.1, 0.15) is 12.5 Å². The lowest BCUT2D eigenvalue weighted by Gasteiger charge is -2.34. The number of rotatable bonds is 4. The van der Waals surface area contributed by atoms with Crippen molar-refractivity contribution in [3.05, 3.63) is 48.3 Å². The van der Waals surface area contributed by atoms with Crippen LogP contribution in [0.3, 0.4) is 0 Å². The molecule has 0 amide bonds. The normalized spacial score (nSPS) is 17.0. The standard InChI is InChI=1S/C22H21F3N6O2/c1-13-12-33-8-7-30(13)20-10-16(15-4-3-14(32-2)9-18(15)22(23,24)25)17-11-27-31(21(17)28-20)19-5-6-26-29-19/h3-6,9-11,13H,7-8,12H2,1-2H3,(H,26,29)/t13-/m1/s1. The molecule has 0 unspecified atom stereocenters. The van der Waals surface area contributed by atoms with Gasteiger partial charge in [-0.05, 0) is 36.2 Å². The van der Waals surface area contributed by atoms with Crippen molar-refractivity contribution in [1.82, 2.24) is 25.0 Å². The topological polar surface area (TPSA) is 81.1 Å². The van der Waals surface area contributed by atoms with Crippen LogP contribution in [0.15, 0.2) is 42.7 Å². The molecule has 8 nitrogen and oxygen atoms in total. The van der Waals surface area contributed by atoms with Crippen molar-refractivity contribution in [1.29, 1.82) is 0 Å². The molecule has 1 N–H and O–H groups in total.